The fraction of sp³-hybridized carbons (Fsp3) is 0.294. The first-order valence-corrected chi connectivity index (χ1v) is 14.5. The van der Waals surface area contributed by atoms with Crippen molar-refractivity contribution < 1.29 is 27.4 Å². The van der Waals surface area contributed by atoms with Gasteiger partial charge in [-0.25, -0.2) is 0 Å². The van der Waals surface area contributed by atoms with Gasteiger partial charge in [-0.3, -0.25) is 14.7 Å². The molecule has 1 saturated heterocycles. The second kappa shape index (κ2) is 14.0. The quantitative estimate of drug-likeness (QED) is 0.188. The Labute approximate surface area is 266 Å². The summed E-state index contributed by atoms with van der Waals surface area (Å²) in [4.78, 5) is 18.7. The first-order valence-electron chi connectivity index (χ1n) is 14.1. The van der Waals surface area contributed by atoms with Gasteiger partial charge in [-0.05, 0) is 85.6 Å². The second-order valence-corrected chi connectivity index (χ2v) is 11.2. The molecule has 0 bridgehead atoms. The number of nitrogens with zero attached hydrogens (tertiary/aromatic N) is 2. The van der Waals surface area contributed by atoms with Gasteiger partial charge >= 0.3 is 12.3 Å². The number of hydrogen-bond donors (Lipinski definition) is 0. The third-order valence-electron chi connectivity index (χ3n) is 7.73. The minimum atomic E-state index is -4.68. The van der Waals surface area contributed by atoms with Gasteiger partial charge in [0.25, 0.3) is 0 Å². The maximum Gasteiger partial charge on any atom is 0.573 e. The molecule has 0 N–H and O–H groups in total. The van der Waals surface area contributed by atoms with E-state index in [1.165, 1.54) is 24.6 Å². The van der Waals surface area contributed by atoms with Gasteiger partial charge in [0.05, 0.1) is 5.69 Å². The Morgan fingerprint density at radius 2 is 1.43 bits per heavy atom. The minimum absolute atomic E-state index is 0. The van der Waals surface area contributed by atoms with E-state index in [9.17, 15) is 18.0 Å². The number of piperidine rings is 1. The van der Waals surface area contributed by atoms with E-state index < -0.39 is 12.3 Å². The summed E-state index contributed by atoms with van der Waals surface area (Å²) in [5.74, 6) is 0.0170. The van der Waals surface area contributed by atoms with E-state index in [1.54, 1.807) is 19.1 Å². The molecule has 0 saturated carbocycles. The maximum absolute atomic E-state index is 12.4. The molecule has 3 aromatic carbocycles. The van der Waals surface area contributed by atoms with Crippen molar-refractivity contribution in [2.45, 2.75) is 52.4 Å². The number of carbonyl (C=O) groups is 1. The number of alkyl halides is 3. The molecule has 1 fully saturated rings. The Hall–Kier alpha value is -3.59. The highest BCUT2D eigenvalue weighted by Crippen LogP contribution is 2.40. The van der Waals surface area contributed by atoms with E-state index in [0.717, 1.165) is 60.4 Å². The van der Waals surface area contributed by atoms with Gasteiger partial charge in [0.15, 0.2) is 5.75 Å². The molecule has 0 unspecified atom stereocenters. The van der Waals surface area contributed by atoms with Crippen molar-refractivity contribution in [3.05, 3.63) is 100 Å². The van der Waals surface area contributed by atoms with Gasteiger partial charge in [-0.1, -0.05) is 72.3 Å². The standard InChI is InChI=1S/C34H32ClF3N2O3.ClH/c1-21-31(33(42-23(3)41)32(35)22(2)39-21)29-10-8-26(9-11-29)25-6-4-24(5-7-25)20-40-18-16-28(17-19-40)27-12-14-30(15-13-27)43-34(36,37)38;/h4-15,28H,16-20H2,1-3H3;1H. The number of hydrogen-bond acceptors (Lipinski definition) is 5. The molecule has 232 valence electrons. The molecule has 1 aliphatic rings. The molecule has 10 heteroatoms. The average Bonchev–Trinajstić information content (AvgIpc) is 2.96. The van der Waals surface area contributed by atoms with Crippen LogP contribution in [0.3, 0.4) is 0 Å². The van der Waals surface area contributed by atoms with E-state index in [2.05, 4.69) is 38.9 Å². The van der Waals surface area contributed by atoms with Crippen LogP contribution < -0.4 is 9.47 Å². The first kappa shape index (κ1) is 33.3. The summed E-state index contributed by atoms with van der Waals surface area (Å²) in [7, 11) is 0. The molecule has 0 spiro atoms. The molecule has 0 aliphatic carbocycles. The Bertz CT molecular complexity index is 1590. The smallest absolute Gasteiger partial charge is 0.424 e. The monoisotopic (exact) mass is 644 g/mol. The number of benzene rings is 3. The average molecular weight is 646 g/mol. The molecule has 0 atom stereocenters. The lowest BCUT2D eigenvalue weighted by Crippen LogP contribution is -2.32. The van der Waals surface area contributed by atoms with Gasteiger partial charge < -0.3 is 9.47 Å². The first-order chi connectivity index (χ1) is 20.5. The number of aryl methyl sites for hydroxylation is 2. The topological polar surface area (TPSA) is 51.7 Å². The normalized spacial score (nSPS) is 14.2. The van der Waals surface area contributed by atoms with E-state index in [1.807, 2.05) is 31.2 Å². The summed E-state index contributed by atoms with van der Waals surface area (Å²) in [5.41, 5.74) is 7.30. The van der Waals surface area contributed by atoms with Gasteiger partial charge in [0.1, 0.15) is 10.8 Å². The molecule has 0 amide bonds. The van der Waals surface area contributed by atoms with Gasteiger partial charge in [0, 0.05) is 24.7 Å². The molecule has 0 radical (unpaired) electrons. The molecule has 44 heavy (non-hydrogen) atoms. The molecular formula is C34H33Cl2F3N2O3. The van der Waals surface area contributed by atoms with Crippen LogP contribution in [0.25, 0.3) is 22.3 Å². The highest BCUT2D eigenvalue weighted by molar-refractivity contribution is 6.33. The number of aromatic nitrogens is 1. The van der Waals surface area contributed by atoms with Crippen molar-refractivity contribution in [3.63, 3.8) is 0 Å². The van der Waals surface area contributed by atoms with Gasteiger partial charge in [0.2, 0.25) is 0 Å². The van der Waals surface area contributed by atoms with Crippen LogP contribution in [-0.4, -0.2) is 35.3 Å². The zero-order chi connectivity index (χ0) is 30.7. The van der Waals surface area contributed by atoms with Crippen molar-refractivity contribution in [3.8, 4) is 33.8 Å². The van der Waals surface area contributed by atoms with Crippen LogP contribution in [0.5, 0.6) is 11.5 Å². The Morgan fingerprint density at radius 3 is 1.98 bits per heavy atom. The third kappa shape index (κ3) is 8.11. The number of esters is 1. The van der Waals surface area contributed by atoms with Crippen LogP contribution in [0.4, 0.5) is 13.2 Å². The van der Waals surface area contributed by atoms with Crippen molar-refractivity contribution in [2.75, 3.05) is 13.1 Å². The third-order valence-corrected chi connectivity index (χ3v) is 8.17. The summed E-state index contributed by atoms with van der Waals surface area (Å²) in [6.45, 7) is 7.67. The predicted octanol–water partition coefficient (Wildman–Crippen LogP) is 9.31. The predicted molar refractivity (Wildman–Crippen MR) is 169 cm³/mol. The lowest BCUT2D eigenvalue weighted by molar-refractivity contribution is -0.274. The van der Waals surface area contributed by atoms with Crippen LogP contribution in [0.1, 0.15) is 48.2 Å². The number of halogens is 5. The van der Waals surface area contributed by atoms with Crippen molar-refractivity contribution in [1.82, 2.24) is 9.88 Å². The maximum atomic E-state index is 12.4. The minimum Gasteiger partial charge on any atom is -0.424 e. The molecule has 4 aromatic rings. The van der Waals surface area contributed by atoms with E-state index >= 15 is 0 Å². The SMILES string of the molecule is CC(=O)Oc1c(Cl)c(C)nc(C)c1-c1ccc(-c2ccc(CN3CCC(c4ccc(OC(F)(F)F)cc4)CC3)cc2)cc1.Cl. The van der Waals surface area contributed by atoms with Crippen molar-refractivity contribution in [1.29, 1.82) is 0 Å². The van der Waals surface area contributed by atoms with Crippen LogP contribution >= 0.6 is 24.0 Å². The Kier molecular flexibility index (Phi) is 10.6. The fourth-order valence-corrected chi connectivity index (χ4v) is 5.81. The van der Waals surface area contributed by atoms with Gasteiger partial charge in [-0.2, -0.15) is 0 Å². The zero-order valence-corrected chi connectivity index (χ0v) is 26.2. The number of ether oxygens (including phenoxy) is 2. The summed E-state index contributed by atoms with van der Waals surface area (Å²) in [6.07, 6.45) is -2.78. The van der Waals surface area contributed by atoms with Crippen LogP contribution in [0.2, 0.25) is 5.02 Å². The lowest BCUT2D eigenvalue weighted by Gasteiger charge is -2.32. The van der Waals surface area contributed by atoms with Crippen LogP contribution in [-0.2, 0) is 11.3 Å². The molecule has 1 aromatic heterocycles. The highest BCUT2D eigenvalue weighted by Gasteiger charge is 2.31. The second-order valence-electron chi connectivity index (χ2n) is 10.8. The number of pyridine rings is 1. The zero-order valence-electron chi connectivity index (χ0n) is 24.6. The molecule has 5 rings (SSSR count). The summed E-state index contributed by atoms with van der Waals surface area (Å²) in [6, 6.07) is 22.8. The highest BCUT2D eigenvalue weighted by atomic mass is 35.5. The van der Waals surface area contributed by atoms with E-state index in [-0.39, 0.29) is 18.2 Å². The van der Waals surface area contributed by atoms with Gasteiger partial charge in [-0.15, -0.1) is 25.6 Å². The fourth-order valence-electron chi connectivity index (χ4n) is 5.63. The van der Waals surface area contributed by atoms with Crippen LogP contribution in [0, 0.1) is 13.8 Å². The molecule has 5 nitrogen and oxygen atoms in total. The van der Waals surface area contributed by atoms with E-state index in [4.69, 9.17) is 16.3 Å². The van der Waals surface area contributed by atoms with E-state index in [0.29, 0.717) is 27.9 Å². The number of carbonyl (C=O) groups excluding carboxylic acids is 1. The molecule has 2 heterocycles. The number of likely N-dealkylation sites (tertiary alicyclic amines) is 1. The summed E-state index contributed by atoms with van der Waals surface area (Å²) < 4.78 is 46.8. The van der Waals surface area contributed by atoms with Crippen molar-refractivity contribution in [2.24, 2.45) is 0 Å². The van der Waals surface area contributed by atoms with Crippen LogP contribution in [0.15, 0.2) is 72.8 Å². The molecular weight excluding hydrogens is 612 g/mol. The summed E-state index contributed by atoms with van der Waals surface area (Å²) in [5, 5.41) is 0.327. The Balaban J connectivity index is 0.00000442. The molecule has 1 aliphatic heterocycles. The lowest BCUT2D eigenvalue weighted by atomic mass is 9.89. The largest absolute Gasteiger partial charge is 0.573 e. The Morgan fingerprint density at radius 1 is 0.886 bits per heavy atom. The summed E-state index contributed by atoms with van der Waals surface area (Å²) >= 11 is 6.46. The van der Waals surface area contributed by atoms with Crippen molar-refractivity contribution >= 4 is 30.0 Å². The number of rotatable bonds is 7.